The van der Waals surface area contributed by atoms with Crippen molar-refractivity contribution in [3.63, 3.8) is 0 Å². The molecule has 0 atom stereocenters. The average molecular weight is 380 g/mol. The smallest absolute Gasteiger partial charge is 0.274 e. The molecule has 0 aliphatic rings. The van der Waals surface area contributed by atoms with E-state index >= 15 is 0 Å². The lowest BCUT2D eigenvalue weighted by Crippen LogP contribution is -2.16. The molecule has 7 heteroatoms. The highest BCUT2D eigenvalue weighted by atomic mass is 19.1. The molecule has 1 heterocycles. The lowest BCUT2D eigenvalue weighted by atomic mass is 10.2. The molecule has 0 saturated carbocycles. The molecule has 0 unspecified atom stereocenters. The Kier molecular flexibility index (Phi) is 5.84. The van der Waals surface area contributed by atoms with E-state index in [1.165, 1.54) is 12.1 Å². The molecule has 0 fully saturated rings. The van der Waals surface area contributed by atoms with Crippen LogP contribution < -0.4 is 15.4 Å². The number of ether oxygens (including phenoxy) is 1. The molecule has 1 aromatic heterocycles. The van der Waals surface area contributed by atoms with E-state index in [-0.39, 0.29) is 23.4 Å². The van der Waals surface area contributed by atoms with Gasteiger partial charge in [-0.15, -0.1) is 0 Å². The quantitative estimate of drug-likeness (QED) is 0.648. The largest absolute Gasteiger partial charge is 0.491 e. The zero-order valence-corrected chi connectivity index (χ0v) is 15.9. The number of rotatable bonds is 6. The minimum atomic E-state index is -0.515. The van der Waals surface area contributed by atoms with Gasteiger partial charge < -0.3 is 15.4 Å². The fraction of sp³-hybridized carbons (Fsp3) is 0.190. The van der Waals surface area contributed by atoms with Crippen LogP contribution in [0.5, 0.6) is 5.75 Å². The summed E-state index contributed by atoms with van der Waals surface area (Å²) < 4.78 is 19.4. The summed E-state index contributed by atoms with van der Waals surface area (Å²) in [6.45, 7) is 5.67. The first-order valence-corrected chi connectivity index (χ1v) is 8.86. The SMILES string of the molecule is Cc1cc(C(=O)Nc2ccccc2F)nc(Nc2ccc(OC(C)C)cc2)n1. The minimum absolute atomic E-state index is 0.0921. The van der Waals surface area contributed by atoms with Crippen LogP contribution in [0.15, 0.2) is 54.6 Å². The normalized spacial score (nSPS) is 10.6. The second-order valence-corrected chi connectivity index (χ2v) is 6.47. The number of nitrogens with zero attached hydrogens (tertiary/aromatic N) is 2. The maximum Gasteiger partial charge on any atom is 0.274 e. The summed E-state index contributed by atoms with van der Waals surface area (Å²) in [6, 6.07) is 14.9. The number of anilines is 3. The monoisotopic (exact) mass is 380 g/mol. The zero-order valence-electron chi connectivity index (χ0n) is 15.9. The van der Waals surface area contributed by atoms with Gasteiger partial charge in [-0.1, -0.05) is 12.1 Å². The third-order valence-corrected chi connectivity index (χ3v) is 3.69. The number of aromatic nitrogens is 2. The van der Waals surface area contributed by atoms with Gasteiger partial charge in [0, 0.05) is 11.4 Å². The number of carbonyl (C=O) groups is 1. The first-order chi connectivity index (χ1) is 13.4. The van der Waals surface area contributed by atoms with Gasteiger partial charge in [0.05, 0.1) is 11.8 Å². The number of amides is 1. The van der Waals surface area contributed by atoms with Crippen LogP contribution in [0.25, 0.3) is 0 Å². The molecule has 0 spiro atoms. The summed E-state index contributed by atoms with van der Waals surface area (Å²) >= 11 is 0. The molecule has 3 aromatic rings. The van der Waals surface area contributed by atoms with E-state index in [2.05, 4.69) is 20.6 Å². The van der Waals surface area contributed by atoms with E-state index < -0.39 is 11.7 Å². The molecule has 2 N–H and O–H groups in total. The van der Waals surface area contributed by atoms with Crippen molar-refractivity contribution < 1.29 is 13.9 Å². The molecule has 28 heavy (non-hydrogen) atoms. The predicted octanol–water partition coefficient (Wildman–Crippen LogP) is 4.71. The Hall–Kier alpha value is -3.48. The molecule has 3 rings (SSSR count). The highest BCUT2D eigenvalue weighted by Gasteiger charge is 2.13. The average Bonchev–Trinajstić information content (AvgIpc) is 2.64. The van der Waals surface area contributed by atoms with Crippen molar-refractivity contribution >= 4 is 23.2 Å². The minimum Gasteiger partial charge on any atom is -0.491 e. The van der Waals surface area contributed by atoms with Gasteiger partial charge in [-0.25, -0.2) is 14.4 Å². The summed E-state index contributed by atoms with van der Waals surface area (Å²) in [5.74, 6) is 0.00916. The number of carbonyl (C=O) groups excluding carboxylic acids is 1. The number of aryl methyl sites for hydroxylation is 1. The molecule has 0 bridgehead atoms. The summed E-state index contributed by atoms with van der Waals surface area (Å²) in [4.78, 5) is 21.0. The van der Waals surface area contributed by atoms with Crippen LogP contribution in [0.2, 0.25) is 0 Å². The van der Waals surface area contributed by atoms with E-state index in [1.54, 1.807) is 25.1 Å². The molecular formula is C21H21FN4O2. The summed E-state index contributed by atoms with van der Waals surface area (Å²) in [6.07, 6.45) is 0.0921. The first-order valence-electron chi connectivity index (χ1n) is 8.86. The van der Waals surface area contributed by atoms with E-state index in [0.717, 1.165) is 11.4 Å². The van der Waals surface area contributed by atoms with E-state index in [4.69, 9.17) is 4.74 Å². The fourth-order valence-electron chi connectivity index (χ4n) is 2.51. The van der Waals surface area contributed by atoms with Gasteiger partial charge in [0.25, 0.3) is 5.91 Å². The lowest BCUT2D eigenvalue weighted by Gasteiger charge is -2.11. The van der Waals surface area contributed by atoms with E-state index in [1.807, 2.05) is 38.1 Å². The zero-order chi connectivity index (χ0) is 20.1. The van der Waals surface area contributed by atoms with Crippen molar-refractivity contribution in [2.24, 2.45) is 0 Å². The fourth-order valence-corrected chi connectivity index (χ4v) is 2.51. The van der Waals surface area contributed by atoms with Crippen LogP contribution >= 0.6 is 0 Å². The standard InChI is InChI=1S/C21H21FN4O2/c1-13(2)28-16-10-8-15(9-11-16)24-21-23-14(3)12-19(26-21)20(27)25-18-7-5-4-6-17(18)22/h4-13H,1-3H3,(H,25,27)(H,23,24,26). The molecule has 2 aromatic carbocycles. The molecule has 6 nitrogen and oxygen atoms in total. The third-order valence-electron chi connectivity index (χ3n) is 3.69. The number of benzene rings is 2. The predicted molar refractivity (Wildman–Crippen MR) is 107 cm³/mol. The molecule has 0 saturated heterocycles. The Morgan fingerprint density at radius 1 is 1.07 bits per heavy atom. The Morgan fingerprint density at radius 2 is 1.79 bits per heavy atom. The van der Waals surface area contributed by atoms with Crippen molar-refractivity contribution in [2.75, 3.05) is 10.6 Å². The number of halogens is 1. The Bertz CT molecular complexity index is 974. The molecular weight excluding hydrogens is 359 g/mol. The van der Waals surface area contributed by atoms with Gasteiger partial charge in [-0.05, 0) is 63.2 Å². The summed E-state index contributed by atoms with van der Waals surface area (Å²) in [5, 5.41) is 5.59. The molecule has 0 aliphatic heterocycles. The number of hydrogen-bond donors (Lipinski definition) is 2. The van der Waals surface area contributed by atoms with Crippen LogP contribution in [0.3, 0.4) is 0 Å². The van der Waals surface area contributed by atoms with Crippen molar-refractivity contribution in [1.29, 1.82) is 0 Å². The van der Waals surface area contributed by atoms with Gasteiger partial charge in [-0.3, -0.25) is 4.79 Å². The Balaban J connectivity index is 1.76. The van der Waals surface area contributed by atoms with Crippen LogP contribution in [-0.4, -0.2) is 22.0 Å². The van der Waals surface area contributed by atoms with Crippen LogP contribution in [0.1, 0.15) is 30.0 Å². The van der Waals surface area contributed by atoms with Crippen molar-refractivity contribution in [3.05, 3.63) is 71.8 Å². The van der Waals surface area contributed by atoms with Gasteiger partial charge >= 0.3 is 0 Å². The lowest BCUT2D eigenvalue weighted by molar-refractivity contribution is 0.102. The Labute approximate surface area is 162 Å². The summed E-state index contributed by atoms with van der Waals surface area (Å²) in [7, 11) is 0. The van der Waals surface area contributed by atoms with Gasteiger partial charge in [0.2, 0.25) is 5.95 Å². The highest BCUT2D eigenvalue weighted by Crippen LogP contribution is 2.20. The van der Waals surface area contributed by atoms with Crippen LogP contribution in [0, 0.1) is 12.7 Å². The maximum atomic E-state index is 13.8. The van der Waals surface area contributed by atoms with Crippen molar-refractivity contribution in [2.45, 2.75) is 26.9 Å². The van der Waals surface area contributed by atoms with Gasteiger partial charge in [0.1, 0.15) is 17.3 Å². The topological polar surface area (TPSA) is 76.1 Å². The second-order valence-electron chi connectivity index (χ2n) is 6.47. The highest BCUT2D eigenvalue weighted by molar-refractivity contribution is 6.03. The maximum absolute atomic E-state index is 13.8. The van der Waals surface area contributed by atoms with Gasteiger partial charge in [-0.2, -0.15) is 0 Å². The number of hydrogen-bond acceptors (Lipinski definition) is 5. The first kappa shape index (κ1) is 19.3. The van der Waals surface area contributed by atoms with Crippen molar-refractivity contribution in [3.8, 4) is 5.75 Å². The molecule has 0 aliphatic carbocycles. The second kappa shape index (κ2) is 8.47. The summed E-state index contributed by atoms with van der Waals surface area (Å²) in [5.41, 5.74) is 1.59. The number of para-hydroxylation sites is 1. The van der Waals surface area contributed by atoms with Crippen LogP contribution in [0.4, 0.5) is 21.7 Å². The third kappa shape index (κ3) is 5.03. The number of nitrogens with one attached hydrogen (secondary N) is 2. The van der Waals surface area contributed by atoms with Gasteiger partial charge in [0.15, 0.2) is 0 Å². The van der Waals surface area contributed by atoms with E-state index in [9.17, 15) is 9.18 Å². The Morgan fingerprint density at radius 3 is 2.46 bits per heavy atom. The molecule has 1 amide bonds. The van der Waals surface area contributed by atoms with Crippen molar-refractivity contribution in [1.82, 2.24) is 9.97 Å². The molecule has 144 valence electrons. The molecule has 0 radical (unpaired) electrons. The van der Waals surface area contributed by atoms with Crippen LogP contribution in [-0.2, 0) is 0 Å². The van der Waals surface area contributed by atoms with E-state index in [0.29, 0.717) is 5.69 Å².